The zero-order chi connectivity index (χ0) is 28.1. The number of aryl methyl sites for hydroxylation is 1. The minimum absolute atomic E-state index is 0.109. The number of benzene rings is 3. The normalized spacial score (nSPS) is 12.4. The molecule has 0 aliphatic carbocycles. The van der Waals surface area contributed by atoms with Crippen LogP contribution < -0.4 is 13.9 Å². The molecule has 38 heavy (non-hydrogen) atoms. The molecule has 0 aliphatic rings. The second kappa shape index (κ2) is 12.0. The predicted octanol–water partition coefficient (Wildman–Crippen LogP) is 4.69. The molecule has 0 fully saturated rings. The Labute approximate surface area is 225 Å². The Morgan fingerprint density at radius 2 is 1.63 bits per heavy atom. The molecule has 0 saturated carbocycles. The minimum atomic E-state index is -1.86. The van der Waals surface area contributed by atoms with Crippen molar-refractivity contribution in [2.75, 3.05) is 29.4 Å². The quantitative estimate of drug-likeness (QED) is 0.342. The summed E-state index contributed by atoms with van der Waals surface area (Å²) >= 11 is 0. The van der Waals surface area contributed by atoms with Gasteiger partial charge in [-0.2, -0.15) is 0 Å². The molecular formula is C29H32N2O6S. The summed E-state index contributed by atoms with van der Waals surface area (Å²) < 4.78 is 20.9. The first-order valence-electron chi connectivity index (χ1n) is 12.0. The Morgan fingerprint density at radius 3 is 2.18 bits per heavy atom. The van der Waals surface area contributed by atoms with Gasteiger partial charge < -0.3 is 19.8 Å². The van der Waals surface area contributed by atoms with Crippen molar-refractivity contribution in [1.82, 2.24) is 0 Å². The molecule has 1 unspecified atom stereocenters. The molecule has 3 aromatic carbocycles. The standard InChI is InChI=1S/C29H32N2O6S/c1-7-14-30(19(3)16-27(32)33)24-12-13-25(23-11-9-8-10-22(23)24)31(17-28(34)35)38(36)29-18(2)15-26(37-6)20(4)21(29)5/h1,8-13,15,19H,14,16-17H2,2-6H3,(H,32,33)(H,34,35)/t19-,38?/m0/s1. The zero-order valence-electron chi connectivity index (χ0n) is 22.1. The highest BCUT2D eigenvalue weighted by molar-refractivity contribution is 7.86. The molecule has 200 valence electrons. The third kappa shape index (κ3) is 5.76. The average Bonchev–Trinajstić information content (AvgIpc) is 2.87. The summed E-state index contributed by atoms with van der Waals surface area (Å²) in [6.45, 7) is 7.02. The fourth-order valence-electron chi connectivity index (χ4n) is 4.64. The summed E-state index contributed by atoms with van der Waals surface area (Å²) in [6, 6.07) is 12.3. The van der Waals surface area contributed by atoms with Crippen LogP contribution >= 0.6 is 0 Å². The van der Waals surface area contributed by atoms with Crippen LogP contribution in [0.15, 0.2) is 47.4 Å². The van der Waals surface area contributed by atoms with Crippen molar-refractivity contribution in [1.29, 1.82) is 0 Å². The number of hydrogen-bond acceptors (Lipinski definition) is 5. The predicted molar refractivity (Wildman–Crippen MR) is 150 cm³/mol. The molecule has 3 rings (SSSR count). The zero-order valence-corrected chi connectivity index (χ0v) is 23.0. The second-order valence-corrected chi connectivity index (χ2v) is 10.4. The van der Waals surface area contributed by atoms with Crippen molar-refractivity contribution in [3.8, 4) is 18.1 Å². The maximum absolute atomic E-state index is 14.1. The van der Waals surface area contributed by atoms with E-state index in [-0.39, 0.29) is 13.0 Å². The molecule has 0 bridgehead atoms. The first kappa shape index (κ1) is 28.5. The fourth-order valence-corrected chi connectivity index (χ4v) is 6.18. The van der Waals surface area contributed by atoms with Crippen LogP contribution in [0.1, 0.15) is 30.0 Å². The van der Waals surface area contributed by atoms with E-state index < -0.39 is 35.5 Å². The SMILES string of the molecule is C#CCN(c1ccc(N(CC(=O)O)S(=O)c2c(C)cc(OC)c(C)c2C)c2ccccc12)[C@@H](C)CC(=O)O. The van der Waals surface area contributed by atoms with Crippen LogP contribution in [0.25, 0.3) is 10.8 Å². The van der Waals surface area contributed by atoms with Crippen LogP contribution in [0.2, 0.25) is 0 Å². The van der Waals surface area contributed by atoms with Crippen molar-refractivity contribution < 1.29 is 28.7 Å². The van der Waals surface area contributed by atoms with Crippen molar-refractivity contribution in [2.45, 2.75) is 45.1 Å². The third-order valence-corrected chi connectivity index (χ3v) is 8.28. The minimum Gasteiger partial charge on any atom is -0.496 e. The number of terminal acetylenes is 1. The van der Waals surface area contributed by atoms with E-state index in [1.165, 1.54) is 4.31 Å². The van der Waals surface area contributed by atoms with E-state index in [9.17, 15) is 24.0 Å². The van der Waals surface area contributed by atoms with Gasteiger partial charge in [0.1, 0.15) is 12.3 Å². The van der Waals surface area contributed by atoms with Crippen LogP contribution in [0.4, 0.5) is 11.4 Å². The number of nitrogens with zero attached hydrogens (tertiary/aromatic N) is 2. The molecule has 0 heterocycles. The van der Waals surface area contributed by atoms with Gasteiger partial charge in [0, 0.05) is 22.5 Å². The number of aliphatic carboxylic acids is 2. The topological polar surface area (TPSA) is 107 Å². The number of carboxylic acids is 2. The average molecular weight is 537 g/mol. The summed E-state index contributed by atoms with van der Waals surface area (Å²) in [5, 5.41) is 20.5. The summed E-state index contributed by atoms with van der Waals surface area (Å²) in [6.07, 6.45) is 5.51. The molecular weight excluding hydrogens is 504 g/mol. The maximum Gasteiger partial charge on any atom is 0.324 e. The van der Waals surface area contributed by atoms with Gasteiger partial charge in [0.2, 0.25) is 0 Å². The van der Waals surface area contributed by atoms with Gasteiger partial charge in [0.05, 0.1) is 30.7 Å². The lowest BCUT2D eigenvalue weighted by atomic mass is 10.0. The molecule has 0 spiro atoms. The van der Waals surface area contributed by atoms with Gasteiger partial charge >= 0.3 is 11.9 Å². The van der Waals surface area contributed by atoms with E-state index >= 15 is 0 Å². The highest BCUT2D eigenvalue weighted by Crippen LogP contribution is 2.38. The Kier molecular flexibility index (Phi) is 9.02. The van der Waals surface area contributed by atoms with Crippen molar-refractivity contribution in [2.24, 2.45) is 0 Å². The number of methoxy groups -OCH3 is 1. The summed E-state index contributed by atoms with van der Waals surface area (Å²) in [4.78, 5) is 25.7. The Balaban J connectivity index is 2.23. The van der Waals surface area contributed by atoms with Gasteiger partial charge in [-0.3, -0.25) is 13.9 Å². The largest absolute Gasteiger partial charge is 0.496 e. The van der Waals surface area contributed by atoms with E-state index in [1.54, 1.807) is 32.2 Å². The number of fused-ring (bicyclic) bond motifs is 1. The second-order valence-electron chi connectivity index (χ2n) is 9.08. The monoisotopic (exact) mass is 536 g/mol. The number of carboxylic acid groups (broad SMARTS) is 2. The number of anilines is 2. The van der Waals surface area contributed by atoms with E-state index in [4.69, 9.17) is 11.2 Å². The van der Waals surface area contributed by atoms with Gasteiger partial charge in [-0.05, 0) is 62.6 Å². The van der Waals surface area contributed by atoms with Gasteiger partial charge in [-0.15, -0.1) is 6.42 Å². The van der Waals surface area contributed by atoms with Crippen molar-refractivity contribution in [3.05, 3.63) is 59.2 Å². The number of ether oxygens (including phenoxy) is 1. The molecule has 0 aliphatic heterocycles. The lowest BCUT2D eigenvalue weighted by Gasteiger charge is -2.31. The summed E-state index contributed by atoms with van der Waals surface area (Å²) in [7, 11) is -0.284. The molecule has 0 saturated heterocycles. The van der Waals surface area contributed by atoms with Crippen LogP contribution in [-0.4, -0.2) is 52.6 Å². The number of hydrogen-bond donors (Lipinski definition) is 2. The lowest BCUT2D eigenvalue weighted by molar-refractivity contribution is -0.137. The molecule has 0 aromatic heterocycles. The van der Waals surface area contributed by atoms with E-state index in [0.29, 0.717) is 27.4 Å². The molecule has 3 aromatic rings. The highest BCUT2D eigenvalue weighted by atomic mass is 32.2. The molecule has 0 radical (unpaired) electrons. The fraction of sp³-hybridized carbons (Fsp3) is 0.310. The Hall–Kier alpha value is -4.03. The first-order valence-corrected chi connectivity index (χ1v) is 13.1. The molecule has 2 N–H and O–H groups in total. The van der Waals surface area contributed by atoms with Crippen molar-refractivity contribution >= 4 is 45.1 Å². The maximum atomic E-state index is 14.1. The van der Waals surface area contributed by atoms with Crippen LogP contribution in [0.5, 0.6) is 5.75 Å². The number of carbonyl (C=O) groups is 2. The van der Waals surface area contributed by atoms with E-state index in [2.05, 4.69) is 5.92 Å². The Morgan fingerprint density at radius 1 is 1.03 bits per heavy atom. The van der Waals surface area contributed by atoms with Crippen LogP contribution in [0.3, 0.4) is 0 Å². The Bertz CT molecular complexity index is 1450. The highest BCUT2D eigenvalue weighted by Gasteiger charge is 2.27. The molecule has 8 nitrogen and oxygen atoms in total. The summed E-state index contributed by atoms with van der Waals surface area (Å²) in [5.41, 5.74) is 3.50. The van der Waals surface area contributed by atoms with E-state index in [0.717, 1.165) is 22.1 Å². The van der Waals surface area contributed by atoms with Crippen molar-refractivity contribution in [3.63, 3.8) is 0 Å². The smallest absolute Gasteiger partial charge is 0.324 e. The molecule has 9 heteroatoms. The molecule has 0 amide bonds. The lowest BCUT2D eigenvalue weighted by Crippen LogP contribution is -2.35. The van der Waals surface area contributed by atoms with Gasteiger partial charge in [-0.25, -0.2) is 4.21 Å². The van der Waals surface area contributed by atoms with Gasteiger partial charge in [0.15, 0.2) is 11.0 Å². The summed E-state index contributed by atoms with van der Waals surface area (Å²) in [5.74, 6) is 1.20. The van der Waals surface area contributed by atoms with Gasteiger partial charge in [-0.1, -0.05) is 30.2 Å². The van der Waals surface area contributed by atoms with Gasteiger partial charge in [0.25, 0.3) is 0 Å². The number of rotatable bonds is 11. The third-order valence-electron chi connectivity index (χ3n) is 6.57. The first-order chi connectivity index (χ1) is 18.0. The van der Waals surface area contributed by atoms with Crippen LogP contribution in [-0.2, 0) is 20.6 Å². The van der Waals surface area contributed by atoms with Crippen LogP contribution in [0, 0.1) is 33.1 Å². The molecule has 2 atom stereocenters. The van der Waals surface area contributed by atoms with E-state index in [1.807, 2.05) is 49.9 Å².